The van der Waals surface area contributed by atoms with E-state index in [0.717, 1.165) is 24.1 Å². The van der Waals surface area contributed by atoms with Gasteiger partial charge in [0.05, 0.1) is 5.56 Å². The molecule has 2 aromatic rings. The van der Waals surface area contributed by atoms with Crippen LogP contribution in [0.4, 0.5) is 13.2 Å². The van der Waals surface area contributed by atoms with E-state index in [2.05, 4.69) is 0 Å². The Morgan fingerprint density at radius 1 is 0.952 bits per heavy atom. The lowest BCUT2D eigenvalue weighted by Crippen LogP contribution is -2.24. The largest absolute Gasteiger partial charge is 0.294 e. The van der Waals surface area contributed by atoms with E-state index in [9.17, 15) is 18.0 Å². The Kier molecular flexibility index (Phi) is 3.53. The predicted octanol–water partition coefficient (Wildman–Crippen LogP) is 4.09. The molecule has 1 aliphatic carbocycles. The van der Waals surface area contributed by atoms with Gasteiger partial charge in [0.25, 0.3) is 0 Å². The third-order valence-corrected chi connectivity index (χ3v) is 4.02. The van der Waals surface area contributed by atoms with Crippen molar-refractivity contribution < 1.29 is 18.0 Å². The molecule has 1 atom stereocenters. The topological polar surface area (TPSA) is 17.1 Å². The van der Waals surface area contributed by atoms with Crippen LogP contribution < -0.4 is 0 Å². The molecule has 0 N–H and O–H groups in total. The summed E-state index contributed by atoms with van der Waals surface area (Å²) in [4.78, 5) is 12.4. The molecule has 0 aromatic heterocycles. The van der Waals surface area contributed by atoms with Gasteiger partial charge in [-0.2, -0.15) is 0 Å². The molecule has 0 bridgehead atoms. The van der Waals surface area contributed by atoms with Crippen molar-refractivity contribution >= 4 is 5.78 Å². The highest BCUT2D eigenvalue weighted by Crippen LogP contribution is 2.29. The van der Waals surface area contributed by atoms with Gasteiger partial charge < -0.3 is 0 Å². The number of benzene rings is 2. The Labute approximate surface area is 120 Å². The number of aryl methyl sites for hydroxylation is 1. The molecule has 0 fully saturated rings. The number of hydrogen-bond donors (Lipinski definition) is 0. The SMILES string of the molecule is O=C(c1ccc(F)c(F)c1F)C1CCc2ccccc2C1. The Morgan fingerprint density at radius 3 is 2.43 bits per heavy atom. The molecule has 1 nitrogen and oxygen atoms in total. The summed E-state index contributed by atoms with van der Waals surface area (Å²) in [5.74, 6) is -5.10. The lowest BCUT2D eigenvalue weighted by molar-refractivity contribution is 0.0903. The smallest absolute Gasteiger partial charge is 0.195 e. The van der Waals surface area contributed by atoms with Crippen molar-refractivity contribution in [1.82, 2.24) is 0 Å². The molecule has 4 heteroatoms. The van der Waals surface area contributed by atoms with Crippen molar-refractivity contribution in [3.05, 3.63) is 70.5 Å². The number of fused-ring (bicyclic) bond motifs is 1. The Balaban J connectivity index is 1.89. The molecular formula is C17H13F3O. The Morgan fingerprint density at radius 2 is 1.67 bits per heavy atom. The summed E-state index contributed by atoms with van der Waals surface area (Å²) in [6.45, 7) is 0. The second-order valence-electron chi connectivity index (χ2n) is 5.30. The molecule has 2 aromatic carbocycles. The van der Waals surface area contributed by atoms with Crippen LogP contribution in [0.5, 0.6) is 0 Å². The van der Waals surface area contributed by atoms with Crippen LogP contribution >= 0.6 is 0 Å². The first-order valence-electron chi connectivity index (χ1n) is 6.82. The maximum atomic E-state index is 13.7. The van der Waals surface area contributed by atoms with E-state index >= 15 is 0 Å². The minimum absolute atomic E-state index is 0.363. The zero-order valence-electron chi connectivity index (χ0n) is 11.2. The van der Waals surface area contributed by atoms with E-state index in [1.165, 1.54) is 5.56 Å². The Bertz CT molecular complexity index is 709. The fourth-order valence-corrected chi connectivity index (χ4v) is 2.86. The summed E-state index contributed by atoms with van der Waals surface area (Å²) in [6.07, 6.45) is 1.83. The zero-order valence-corrected chi connectivity index (χ0v) is 11.2. The average Bonchev–Trinajstić information content (AvgIpc) is 2.52. The third kappa shape index (κ3) is 2.46. The van der Waals surface area contributed by atoms with Gasteiger partial charge in [0, 0.05) is 5.92 Å². The molecule has 1 aliphatic rings. The van der Waals surface area contributed by atoms with E-state index in [1.807, 2.05) is 24.3 Å². The summed E-state index contributed by atoms with van der Waals surface area (Å²) in [5.41, 5.74) is 1.88. The highest BCUT2D eigenvalue weighted by atomic mass is 19.2. The molecule has 108 valence electrons. The number of rotatable bonds is 2. The maximum absolute atomic E-state index is 13.7. The van der Waals surface area contributed by atoms with Gasteiger partial charge in [-0.3, -0.25) is 4.79 Å². The van der Waals surface area contributed by atoms with Crippen molar-refractivity contribution in [3.8, 4) is 0 Å². The van der Waals surface area contributed by atoms with Gasteiger partial charge >= 0.3 is 0 Å². The standard InChI is InChI=1S/C17H13F3O/c18-14-8-7-13(15(19)16(14)20)17(21)12-6-5-10-3-1-2-4-11(10)9-12/h1-4,7-8,12H,5-6,9H2. The predicted molar refractivity (Wildman–Crippen MR) is 72.6 cm³/mol. The summed E-state index contributed by atoms with van der Waals surface area (Å²) >= 11 is 0. The number of hydrogen-bond acceptors (Lipinski definition) is 1. The molecule has 0 aliphatic heterocycles. The summed E-state index contributed by atoms with van der Waals surface area (Å²) in [7, 11) is 0. The lowest BCUT2D eigenvalue weighted by atomic mass is 9.80. The first-order chi connectivity index (χ1) is 10.1. The van der Waals surface area contributed by atoms with Crippen molar-refractivity contribution in [3.63, 3.8) is 0 Å². The summed E-state index contributed by atoms with van der Waals surface area (Å²) < 4.78 is 39.9. The van der Waals surface area contributed by atoms with E-state index in [4.69, 9.17) is 0 Å². The van der Waals surface area contributed by atoms with Crippen LogP contribution in [0.2, 0.25) is 0 Å². The second-order valence-corrected chi connectivity index (χ2v) is 5.30. The Hall–Kier alpha value is -2.10. The van der Waals surface area contributed by atoms with Crippen molar-refractivity contribution in [2.45, 2.75) is 19.3 Å². The van der Waals surface area contributed by atoms with Gasteiger partial charge in [-0.1, -0.05) is 24.3 Å². The third-order valence-electron chi connectivity index (χ3n) is 4.02. The molecule has 3 rings (SSSR count). The second kappa shape index (κ2) is 5.35. The van der Waals surface area contributed by atoms with Crippen LogP contribution in [0, 0.1) is 23.4 Å². The number of carbonyl (C=O) groups is 1. The quantitative estimate of drug-likeness (QED) is 0.601. The molecule has 0 radical (unpaired) electrons. The zero-order chi connectivity index (χ0) is 15.0. The monoisotopic (exact) mass is 290 g/mol. The van der Waals surface area contributed by atoms with Crippen LogP contribution in [0.1, 0.15) is 27.9 Å². The van der Waals surface area contributed by atoms with Crippen LogP contribution in [-0.2, 0) is 12.8 Å². The number of halogens is 3. The number of ketones is 1. The van der Waals surface area contributed by atoms with Gasteiger partial charge in [0.2, 0.25) is 0 Å². The van der Waals surface area contributed by atoms with Crippen molar-refractivity contribution in [2.75, 3.05) is 0 Å². The minimum atomic E-state index is -1.59. The highest BCUT2D eigenvalue weighted by molar-refractivity contribution is 5.98. The molecule has 0 saturated heterocycles. The fourth-order valence-electron chi connectivity index (χ4n) is 2.86. The lowest BCUT2D eigenvalue weighted by Gasteiger charge is -2.23. The van der Waals surface area contributed by atoms with Crippen molar-refractivity contribution in [2.24, 2.45) is 5.92 Å². The van der Waals surface area contributed by atoms with E-state index in [-0.39, 0.29) is 11.5 Å². The molecule has 1 unspecified atom stereocenters. The first kappa shape index (κ1) is 13.9. The molecule has 0 saturated carbocycles. The van der Waals surface area contributed by atoms with E-state index in [0.29, 0.717) is 12.8 Å². The number of carbonyl (C=O) groups excluding carboxylic acids is 1. The van der Waals surface area contributed by atoms with Gasteiger partial charge in [0.15, 0.2) is 23.2 Å². The molecule has 0 amide bonds. The van der Waals surface area contributed by atoms with Crippen LogP contribution in [0.3, 0.4) is 0 Å². The fraction of sp³-hybridized carbons (Fsp3) is 0.235. The van der Waals surface area contributed by atoms with Crippen LogP contribution in [-0.4, -0.2) is 5.78 Å². The molecule has 0 spiro atoms. The molecule has 0 heterocycles. The highest BCUT2D eigenvalue weighted by Gasteiger charge is 2.28. The molecule has 21 heavy (non-hydrogen) atoms. The minimum Gasteiger partial charge on any atom is -0.294 e. The number of Topliss-reactive ketones (excluding diaryl/α,β-unsaturated/α-hetero) is 1. The van der Waals surface area contributed by atoms with Gasteiger partial charge in [-0.05, 0) is 42.5 Å². The van der Waals surface area contributed by atoms with Gasteiger partial charge in [-0.15, -0.1) is 0 Å². The summed E-state index contributed by atoms with van der Waals surface area (Å²) in [6, 6.07) is 9.60. The molecular weight excluding hydrogens is 277 g/mol. The van der Waals surface area contributed by atoms with Crippen LogP contribution in [0.25, 0.3) is 0 Å². The van der Waals surface area contributed by atoms with Crippen molar-refractivity contribution in [1.29, 1.82) is 0 Å². The maximum Gasteiger partial charge on any atom is 0.195 e. The normalized spacial score (nSPS) is 17.4. The van der Waals surface area contributed by atoms with E-state index < -0.39 is 23.2 Å². The first-order valence-corrected chi connectivity index (χ1v) is 6.82. The van der Waals surface area contributed by atoms with Crippen LogP contribution in [0.15, 0.2) is 36.4 Å². The van der Waals surface area contributed by atoms with E-state index in [1.54, 1.807) is 0 Å². The van der Waals surface area contributed by atoms with Gasteiger partial charge in [-0.25, -0.2) is 13.2 Å². The van der Waals surface area contributed by atoms with Gasteiger partial charge in [0.1, 0.15) is 0 Å². The average molecular weight is 290 g/mol. The summed E-state index contributed by atoms with van der Waals surface area (Å²) in [5, 5.41) is 0.